The summed E-state index contributed by atoms with van der Waals surface area (Å²) < 4.78 is 18.2. The van der Waals surface area contributed by atoms with Crippen LogP contribution in [0, 0.1) is 5.82 Å². The lowest BCUT2D eigenvalue weighted by atomic mass is 10.1. The van der Waals surface area contributed by atoms with E-state index in [1.165, 1.54) is 19.2 Å². The number of carbonyl (C=O) groups is 1. The van der Waals surface area contributed by atoms with Crippen molar-refractivity contribution in [2.75, 3.05) is 18.2 Å². The lowest BCUT2D eigenvalue weighted by molar-refractivity contribution is 0.102. The molecule has 0 aliphatic heterocycles. The summed E-state index contributed by atoms with van der Waals surface area (Å²) >= 11 is 5.98. The Hall–Kier alpha value is -2.27. The Morgan fingerprint density at radius 2 is 2.05 bits per heavy atom. The van der Waals surface area contributed by atoms with Gasteiger partial charge in [0.15, 0.2) is 0 Å². The first-order chi connectivity index (χ1) is 9.51. The van der Waals surface area contributed by atoms with Crippen LogP contribution in [0.15, 0.2) is 36.4 Å². The summed E-state index contributed by atoms with van der Waals surface area (Å²) in [7, 11) is 1.50. The van der Waals surface area contributed by atoms with Gasteiger partial charge in [-0.2, -0.15) is 0 Å². The lowest BCUT2D eigenvalue weighted by Crippen LogP contribution is -2.14. The van der Waals surface area contributed by atoms with E-state index in [4.69, 9.17) is 22.1 Å². The Morgan fingerprint density at radius 1 is 1.30 bits per heavy atom. The average molecular weight is 295 g/mol. The number of benzene rings is 2. The molecule has 0 radical (unpaired) electrons. The third-order valence-corrected chi connectivity index (χ3v) is 3.01. The standard InChI is InChI=1S/C14H12ClFN2O2/c1-20-9-3-4-11(15)13(7-9)18-14(19)10-6-8(16)2-5-12(10)17/h2-7H,17H2,1H3,(H,18,19). The minimum absolute atomic E-state index is 0.0453. The second-order valence-electron chi connectivity index (χ2n) is 4.03. The third kappa shape index (κ3) is 3.00. The van der Waals surface area contributed by atoms with Gasteiger partial charge in [0.25, 0.3) is 5.91 Å². The van der Waals surface area contributed by atoms with Crippen molar-refractivity contribution in [2.45, 2.75) is 0 Å². The Labute approximate surface area is 120 Å². The maximum Gasteiger partial charge on any atom is 0.257 e. The molecule has 2 aromatic carbocycles. The van der Waals surface area contributed by atoms with Gasteiger partial charge in [-0.05, 0) is 30.3 Å². The quantitative estimate of drug-likeness (QED) is 0.854. The monoisotopic (exact) mass is 294 g/mol. The number of carbonyl (C=O) groups excluding carboxylic acids is 1. The molecule has 0 fully saturated rings. The van der Waals surface area contributed by atoms with Crippen LogP contribution in [0.4, 0.5) is 15.8 Å². The second-order valence-corrected chi connectivity index (χ2v) is 4.44. The van der Waals surface area contributed by atoms with Gasteiger partial charge in [0.1, 0.15) is 11.6 Å². The predicted octanol–water partition coefficient (Wildman–Crippen LogP) is 3.32. The SMILES string of the molecule is COc1ccc(Cl)c(NC(=O)c2cc(F)ccc2N)c1. The largest absolute Gasteiger partial charge is 0.497 e. The number of halogens is 2. The van der Waals surface area contributed by atoms with Crippen LogP contribution in [0.1, 0.15) is 10.4 Å². The number of amides is 1. The van der Waals surface area contributed by atoms with Gasteiger partial charge in [0, 0.05) is 11.8 Å². The number of hydrogen-bond acceptors (Lipinski definition) is 3. The molecule has 104 valence electrons. The molecule has 2 aromatic rings. The van der Waals surface area contributed by atoms with E-state index in [2.05, 4.69) is 5.32 Å². The molecule has 0 aromatic heterocycles. The number of rotatable bonds is 3. The molecular weight excluding hydrogens is 283 g/mol. The molecule has 4 nitrogen and oxygen atoms in total. The van der Waals surface area contributed by atoms with Crippen LogP contribution in [0.2, 0.25) is 5.02 Å². The van der Waals surface area contributed by atoms with E-state index < -0.39 is 11.7 Å². The molecule has 0 unspecified atom stereocenters. The minimum atomic E-state index is -0.544. The van der Waals surface area contributed by atoms with Gasteiger partial charge in [0.2, 0.25) is 0 Å². The Bertz CT molecular complexity index is 662. The molecule has 1 amide bonds. The van der Waals surface area contributed by atoms with Crippen molar-refractivity contribution >= 4 is 28.9 Å². The molecule has 3 N–H and O–H groups in total. The molecule has 0 spiro atoms. The number of hydrogen-bond donors (Lipinski definition) is 2. The number of anilines is 2. The second kappa shape index (κ2) is 5.79. The Kier molecular flexibility index (Phi) is 4.10. The highest BCUT2D eigenvalue weighted by Crippen LogP contribution is 2.27. The first-order valence-corrected chi connectivity index (χ1v) is 6.09. The number of methoxy groups -OCH3 is 1. The summed E-state index contributed by atoms with van der Waals surface area (Å²) in [4.78, 5) is 12.1. The zero-order chi connectivity index (χ0) is 14.7. The van der Waals surface area contributed by atoms with Crippen molar-refractivity contribution in [3.63, 3.8) is 0 Å². The van der Waals surface area contributed by atoms with Crippen LogP contribution < -0.4 is 15.8 Å². The van der Waals surface area contributed by atoms with Crippen molar-refractivity contribution in [1.29, 1.82) is 0 Å². The average Bonchev–Trinajstić information content (AvgIpc) is 2.43. The fraction of sp³-hybridized carbons (Fsp3) is 0.0714. The summed E-state index contributed by atoms with van der Waals surface area (Å²) in [6.45, 7) is 0. The minimum Gasteiger partial charge on any atom is -0.497 e. The van der Waals surface area contributed by atoms with Gasteiger partial charge in [0.05, 0.1) is 23.4 Å². The molecule has 0 heterocycles. The van der Waals surface area contributed by atoms with E-state index in [1.54, 1.807) is 18.2 Å². The Balaban J connectivity index is 2.30. The summed E-state index contributed by atoms with van der Waals surface area (Å²) in [5.74, 6) is -0.546. The summed E-state index contributed by atoms with van der Waals surface area (Å²) in [5, 5.41) is 2.91. The highest BCUT2D eigenvalue weighted by molar-refractivity contribution is 6.34. The molecular formula is C14H12ClFN2O2. The molecule has 0 bridgehead atoms. The van der Waals surface area contributed by atoms with Crippen LogP contribution in [0.3, 0.4) is 0 Å². The van der Waals surface area contributed by atoms with Gasteiger partial charge < -0.3 is 15.8 Å². The van der Waals surface area contributed by atoms with E-state index in [1.807, 2.05) is 0 Å². The van der Waals surface area contributed by atoms with Gasteiger partial charge in [-0.3, -0.25) is 4.79 Å². The van der Waals surface area contributed by atoms with Crippen LogP contribution in [0.5, 0.6) is 5.75 Å². The zero-order valence-corrected chi connectivity index (χ0v) is 11.4. The Morgan fingerprint density at radius 3 is 2.75 bits per heavy atom. The zero-order valence-electron chi connectivity index (χ0n) is 10.6. The molecule has 0 saturated carbocycles. The molecule has 20 heavy (non-hydrogen) atoms. The molecule has 6 heteroatoms. The van der Waals surface area contributed by atoms with Crippen LogP contribution in [0.25, 0.3) is 0 Å². The third-order valence-electron chi connectivity index (χ3n) is 2.68. The highest BCUT2D eigenvalue weighted by atomic mass is 35.5. The van der Waals surface area contributed by atoms with Gasteiger partial charge >= 0.3 is 0 Å². The van der Waals surface area contributed by atoms with Gasteiger partial charge in [-0.25, -0.2) is 4.39 Å². The number of nitrogens with two attached hydrogens (primary N) is 1. The summed E-state index contributed by atoms with van der Waals surface area (Å²) in [5.41, 5.74) is 6.24. The fourth-order valence-corrected chi connectivity index (χ4v) is 1.81. The van der Waals surface area contributed by atoms with Crippen molar-refractivity contribution in [2.24, 2.45) is 0 Å². The van der Waals surface area contributed by atoms with Crippen LogP contribution >= 0.6 is 11.6 Å². The van der Waals surface area contributed by atoms with E-state index in [9.17, 15) is 9.18 Å². The van der Waals surface area contributed by atoms with Crippen LogP contribution in [-0.2, 0) is 0 Å². The van der Waals surface area contributed by atoms with E-state index >= 15 is 0 Å². The molecule has 0 atom stereocenters. The molecule has 0 aliphatic rings. The first-order valence-electron chi connectivity index (χ1n) is 5.71. The number of ether oxygens (including phenoxy) is 1. The maximum absolute atomic E-state index is 13.2. The number of nitrogens with one attached hydrogen (secondary N) is 1. The van der Waals surface area contributed by atoms with Crippen molar-refractivity contribution in [3.05, 3.63) is 52.8 Å². The van der Waals surface area contributed by atoms with Crippen LogP contribution in [-0.4, -0.2) is 13.0 Å². The normalized spacial score (nSPS) is 10.2. The van der Waals surface area contributed by atoms with Crippen molar-refractivity contribution < 1.29 is 13.9 Å². The van der Waals surface area contributed by atoms with Gasteiger partial charge in [-0.15, -0.1) is 0 Å². The van der Waals surface area contributed by atoms with Crippen molar-refractivity contribution in [1.82, 2.24) is 0 Å². The lowest BCUT2D eigenvalue weighted by Gasteiger charge is -2.10. The predicted molar refractivity (Wildman–Crippen MR) is 76.8 cm³/mol. The van der Waals surface area contributed by atoms with Crippen molar-refractivity contribution in [3.8, 4) is 5.75 Å². The summed E-state index contributed by atoms with van der Waals surface area (Å²) in [6, 6.07) is 8.40. The first kappa shape index (κ1) is 14.1. The van der Waals surface area contributed by atoms with Gasteiger partial charge in [-0.1, -0.05) is 11.6 Å². The highest BCUT2D eigenvalue weighted by Gasteiger charge is 2.13. The molecule has 2 rings (SSSR count). The molecule has 0 saturated heterocycles. The topological polar surface area (TPSA) is 64.3 Å². The molecule has 0 aliphatic carbocycles. The summed E-state index contributed by atoms with van der Waals surface area (Å²) in [6.07, 6.45) is 0. The maximum atomic E-state index is 13.2. The van der Waals surface area contributed by atoms with E-state index in [-0.39, 0.29) is 11.3 Å². The number of nitrogen functional groups attached to an aromatic ring is 1. The fourth-order valence-electron chi connectivity index (χ4n) is 1.64. The van der Waals surface area contributed by atoms with E-state index in [0.29, 0.717) is 16.5 Å². The van der Waals surface area contributed by atoms with E-state index in [0.717, 1.165) is 6.07 Å². The smallest absolute Gasteiger partial charge is 0.257 e.